The van der Waals surface area contributed by atoms with Crippen LogP contribution in [-0.4, -0.2) is 47.2 Å². The SMILES string of the molecule is C/C=C(\N=CN)c1nc2ccc(-c3cccc(N4CCOCC4)c3)nc2n1-c1ccc(C2(N)CCC2)cc1. The molecule has 1 aliphatic carbocycles. The largest absolute Gasteiger partial charge is 0.390 e. The van der Waals surface area contributed by atoms with Crippen LogP contribution < -0.4 is 16.4 Å². The Balaban J connectivity index is 1.46. The van der Waals surface area contributed by atoms with Gasteiger partial charge in [0.2, 0.25) is 0 Å². The summed E-state index contributed by atoms with van der Waals surface area (Å²) < 4.78 is 7.59. The lowest BCUT2D eigenvalue weighted by Crippen LogP contribution is -2.43. The van der Waals surface area contributed by atoms with E-state index in [9.17, 15) is 0 Å². The molecular weight excluding hydrogens is 474 g/mol. The van der Waals surface area contributed by atoms with E-state index in [2.05, 4.69) is 63.0 Å². The van der Waals surface area contributed by atoms with E-state index < -0.39 is 0 Å². The van der Waals surface area contributed by atoms with Crippen LogP contribution in [0.4, 0.5) is 5.69 Å². The third-order valence-corrected chi connectivity index (χ3v) is 7.68. The average molecular weight is 508 g/mol. The normalized spacial score (nSPS) is 17.7. The summed E-state index contributed by atoms with van der Waals surface area (Å²) in [6.45, 7) is 5.21. The molecule has 0 amide bonds. The van der Waals surface area contributed by atoms with Gasteiger partial charge in [0, 0.05) is 35.6 Å². The van der Waals surface area contributed by atoms with Gasteiger partial charge in [-0.05, 0) is 68.1 Å². The molecule has 8 nitrogen and oxygen atoms in total. The van der Waals surface area contributed by atoms with Crippen molar-refractivity contribution in [3.8, 4) is 16.9 Å². The standard InChI is InChI=1S/C30H33N7O/c1-2-25(33-20-31)28-35-27-12-11-26(21-5-3-6-24(19-21)36-15-17-38-18-16-36)34-29(27)37(28)23-9-7-22(8-10-23)30(32)13-4-14-30/h2-3,5-12,19-20H,4,13-18,32H2,1H3,(H2,31,33)/b25-2-. The number of benzene rings is 2. The number of imidazole rings is 1. The average Bonchev–Trinajstić information content (AvgIpc) is 3.34. The molecule has 0 spiro atoms. The minimum Gasteiger partial charge on any atom is -0.390 e. The van der Waals surface area contributed by atoms with Gasteiger partial charge in [-0.3, -0.25) is 4.57 Å². The molecule has 4 N–H and O–H groups in total. The van der Waals surface area contributed by atoms with E-state index in [0.717, 1.165) is 67.3 Å². The summed E-state index contributed by atoms with van der Waals surface area (Å²) in [4.78, 5) is 16.8. The van der Waals surface area contributed by atoms with Crippen molar-refractivity contribution >= 4 is 28.9 Å². The molecule has 1 saturated heterocycles. The van der Waals surface area contributed by atoms with Crippen LogP contribution in [0.3, 0.4) is 0 Å². The molecule has 1 aliphatic heterocycles. The molecule has 1 saturated carbocycles. The first-order valence-corrected chi connectivity index (χ1v) is 13.2. The number of allylic oxidation sites excluding steroid dienone is 1. The Labute approximate surface area is 222 Å². The Kier molecular flexibility index (Phi) is 6.43. The highest BCUT2D eigenvalue weighted by Crippen LogP contribution is 2.39. The van der Waals surface area contributed by atoms with Gasteiger partial charge >= 0.3 is 0 Å². The number of ether oxygens (including phenoxy) is 1. The zero-order chi connectivity index (χ0) is 26.1. The molecule has 8 heteroatoms. The fraction of sp³-hybridized carbons (Fsp3) is 0.300. The van der Waals surface area contributed by atoms with Crippen LogP contribution in [-0.2, 0) is 10.3 Å². The summed E-state index contributed by atoms with van der Waals surface area (Å²) in [5.41, 5.74) is 19.5. The summed E-state index contributed by atoms with van der Waals surface area (Å²) in [6.07, 6.45) is 6.43. The second kappa shape index (κ2) is 10.0. The van der Waals surface area contributed by atoms with Crippen LogP contribution in [0, 0.1) is 0 Å². The van der Waals surface area contributed by atoms with Gasteiger partial charge < -0.3 is 21.1 Å². The van der Waals surface area contributed by atoms with E-state index in [0.29, 0.717) is 11.5 Å². The Morgan fingerprint density at radius 3 is 2.47 bits per heavy atom. The number of aliphatic imine (C=N–C) groups is 1. The van der Waals surface area contributed by atoms with Crippen LogP contribution in [0.1, 0.15) is 37.6 Å². The number of pyridine rings is 1. The third kappa shape index (κ3) is 4.36. The van der Waals surface area contributed by atoms with Gasteiger partial charge in [-0.15, -0.1) is 0 Å². The van der Waals surface area contributed by atoms with Crippen LogP contribution in [0.25, 0.3) is 33.8 Å². The van der Waals surface area contributed by atoms with E-state index in [-0.39, 0.29) is 5.54 Å². The third-order valence-electron chi connectivity index (χ3n) is 7.68. The number of morpholine rings is 1. The highest BCUT2D eigenvalue weighted by molar-refractivity contribution is 5.83. The van der Waals surface area contributed by atoms with Crippen molar-refractivity contribution in [2.45, 2.75) is 31.7 Å². The van der Waals surface area contributed by atoms with Gasteiger partial charge in [-0.2, -0.15) is 0 Å². The molecule has 0 unspecified atom stereocenters. The quantitative estimate of drug-likeness (QED) is 0.292. The molecule has 2 aliphatic rings. The topological polar surface area (TPSA) is 108 Å². The number of nitrogens with two attached hydrogens (primary N) is 2. The van der Waals surface area contributed by atoms with Crippen molar-refractivity contribution in [1.29, 1.82) is 0 Å². The number of anilines is 1. The second-order valence-corrected chi connectivity index (χ2v) is 9.97. The van der Waals surface area contributed by atoms with E-state index in [4.69, 9.17) is 26.2 Å². The lowest BCUT2D eigenvalue weighted by molar-refractivity contribution is 0.122. The first-order chi connectivity index (χ1) is 18.6. The summed E-state index contributed by atoms with van der Waals surface area (Å²) >= 11 is 0. The lowest BCUT2D eigenvalue weighted by atomic mass is 9.73. The van der Waals surface area contributed by atoms with Crippen molar-refractivity contribution < 1.29 is 4.74 Å². The molecule has 2 aromatic carbocycles. The van der Waals surface area contributed by atoms with Crippen LogP contribution in [0.5, 0.6) is 0 Å². The summed E-state index contributed by atoms with van der Waals surface area (Å²) in [7, 11) is 0. The number of aromatic nitrogens is 3. The highest BCUT2D eigenvalue weighted by atomic mass is 16.5. The molecule has 2 aromatic heterocycles. The zero-order valence-corrected chi connectivity index (χ0v) is 21.7. The molecule has 38 heavy (non-hydrogen) atoms. The van der Waals surface area contributed by atoms with E-state index in [1.54, 1.807) is 0 Å². The second-order valence-electron chi connectivity index (χ2n) is 9.97. The molecule has 6 rings (SSSR count). The van der Waals surface area contributed by atoms with Gasteiger partial charge in [-0.25, -0.2) is 15.0 Å². The van der Waals surface area contributed by atoms with Gasteiger partial charge in [0.05, 0.1) is 25.2 Å². The van der Waals surface area contributed by atoms with E-state index >= 15 is 0 Å². The smallest absolute Gasteiger partial charge is 0.165 e. The van der Waals surface area contributed by atoms with Crippen molar-refractivity contribution in [2.75, 3.05) is 31.2 Å². The predicted molar refractivity (Wildman–Crippen MR) is 153 cm³/mol. The molecule has 194 valence electrons. The predicted octanol–water partition coefficient (Wildman–Crippen LogP) is 4.61. The monoisotopic (exact) mass is 507 g/mol. The van der Waals surface area contributed by atoms with Crippen molar-refractivity contribution in [3.05, 3.63) is 78.1 Å². The Bertz CT molecular complexity index is 1510. The first-order valence-electron chi connectivity index (χ1n) is 13.2. The molecule has 4 aromatic rings. The maximum atomic E-state index is 6.59. The van der Waals surface area contributed by atoms with Gasteiger partial charge in [0.25, 0.3) is 0 Å². The van der Waals surface area contributed by atoms with E-state index in [1.807, 2.05) is 25.1 Å². The van der Waals surface area contributed by atoms with Gasteiger partial charge in [-0.1, -0.05) is 30.3 Å². The summed E-state index contributed by atoms with van der Waals surface area (Å²) in [5.74, 6) is 0.690. The minimum atomic E-state index is -0.215. The maximum absolute atomic E-state index is 6.59. The highest BCUT2D eigenvalue weighted by Gasteiger charge is 2.34. The van der Waals surface area contributed by atoms with Crippen LogP contribution >= 0.6 is 0 Å². The van der Waals surface area contributed by atoms with Crippen molar-refractivity contribution in [3.63, 3.8) is 0 Å². The zero-order valence-electron chi connectivity index (χ0n) is 21.7. The van der Waals surface area contributed by atoms with Crippen molar-refractivity contribution in [1.82, 2.24) is 14.5 Å². The molecule has 0 bridgehead atoms. The molecule has 3 heterocycles. The fourth-order valence-corrected chi connectivity index (χ4v) is 5.35. The Morgan fingerprint density at radius 2 is 1.79 bits per heavy atom. The number of hydrogen-bond acceptors (Lipinski definition) is 6. The van der Waals surface area contributed by atoms with Gasteiger partial charge in [0.1, 0.15) is 11.2 Å². The molecule has 0 radical (unpaired) electrons. The first kappa shape index (κ1) is 24.3. The molecule has 0 atom stereocenters. The number of hydrogen-bond donors (Lipinski definition) is 2. The lowest BCUT2D eigenvalue weighted by Gasteiger charge is -2.38. The number of rotatable bonds is 6. The summed E-state index contributed by atoms with van der Waals surface area (Å²) in [5, 5.41) is 0. The molecule has 2 fully saturated rings. The van der Waals surface area contributed by atoms with E-state index in [1.165, 1.54) is 24.0 Å². The van der Waals surface area contributed by atoms with Crippen LogP contribution in [0.15, 0.2) is 71.7 Å². The van der Waals surface area contributed by atoms with Crippen molar-refractivity contribution in [2.24, 2.45) is 16.5 Å². The van der Waals surface area contributed by atoms with Crippen LogP contribution in [0.2, 0.25) is 0 Å². The Hall–Kier alpha value is -4.01. The Morgan fingerprint density at radius 1 is 1.00 bits per heavy atom. The molecular formula is C30H33N7O. The number of nitrogens with zero attached hydrogens (tertiary/aromatic N) is 5. The number of fused-ring (bicyclic) bond motifs is 1. The van der Waals surface area contributed by atoms with Gasteiger partial charge in [0.15, 0.2) is 11.5 Å². The minimum absolute atomic E-state index is 0.215. The summed E-state index contributed by atoms with van der Waals surface area (Å²) in [6, 6.07) is 21.0. The fourth-order valence-electron chi connectivity index (χ4n) is 5.35. The maximum Gasteiger partial charge on any atom is 0.165 e.